The minimum absolute atomic E-state index is 0.0442. The van der Waals surface area contributed by atoms with Crippen LogP contribution in [0.1, 0.15) is 12.5 Å². The smallest absolute Gasteiger partial charge is 0.244 e. The van der Waals surface area contributed by atoms with Gasteiger partial charge in [-0.1, -0.05) is 11.8 Å². The van der Waals surface area contributed by atoms with Crippen molar-refractivity contribution in [3.05, 3.63) is 23.8 Å². The lowest BCUT2D eigenvalue weighted by Gasteiger charge is -2.15. The van der Waals surface area contributed by atoms with Crippen LogP contribution >= 0.6 is 11.8 Å². The maximum Gasteiger partial charge on any atom is 0.244 e. The summed E-state index contributed by atoms with van der Waals surface area (Å²) < 4.78 is 32.6. The first-order valence-corrected chi connectivity index (χ1v) is 9.11. The molecule has 5 nitrogen and oxygen atoms in total. The monoisotopic (exact) mass is 329 g/mol. The number of rotatable bonds is 6. The van der Waals surface area contributed by atoms with Gasteiger partial charge in [0.05, 0.1) is 7.11 Å². The standard InChI is InChI=1S/C14H19NO4S2/c1-11(10-20-3)15-21(17,18)14-9-12(5-4-8-16)6-7-13(14)19-2/h6-7,9,11,15-16H,8,10H2,1-3H3. The zero-order chi connectivity index (χ0) is 15.9. The van der Waals surface area contributed by atoms with Crippen molar-refractivity contribution in [1.82, 2.24) is 4.72 Å². The third-order valence-electron chi connectivity index (χ3n) is 2.54. The van der Waals surface area contributed by atoms with E-state index in [9.17, 15) is 8.42 Å². The van der Waals surface area contributed by atoms with Gasteiger partial charge in [-0.05, 0) is 31.4 Å². The van der Waals surface area contributed by atoms with Gasteiger partial charge in [-0.2, -0.15) is 11.8 Å². The largest absolute Gasteiger partial charge is 0.495 e. The number of ether oxygens (including phenoxy) is 1. The third-order valence-corrected chi connectivity index (χ3v) is 4.98. The molecular weight excluding hydrogens is 310 g/mol. The summed E-state index contributed by atoms with van der Waals surface area (Å²) in [5, 5.41) is 8.70. The van der Waals surface area contributed by atoms with Crippen molar-refractivity contribution in [2.45, 2.75) is 17.9 Å². The molecule has 0 aliphatic heterocycles. The van der Waals surface area contributed by atoms with E-state index in [1.165, 1.54) is 13.2 Å². The van der Waals surface area contributed by atoms with Gasteiger partial charge in [0.1, 0.15) is 17.3 Å². The Bertz CT molecular complexity index is 632. The average Bonchev–Trinajstić information content (AvgIpc) is 2.44. The molecule has 7 heteroatoms. The first-order chi connectivity index (χ1) is 9.94. The first-order valence-electron chi connectivity index (χ1n) is 6.23. The lowest BCUT2D eigenvalue weighted by molar-refractivity contribution is 0.350. The van der Waals surface area contributed by atoms with E-state index in [2.05, 4.69) is 16.6 Å². The van der Waals surface area contributed by atoms with E-state index in [1.54, 1.807) is 30.8 Å². The Morgan fingerprint density at radius 3 is 2.76 bits per heavy atom. The molecule has 0 aliphatic rings. The van der Waals surface area contributed by atoms with Crippen LogP contribution in [-0.4, -0.2) is 45.3 Å². The summed E-state index contributed by atoms with van der Waals surface area (Å²) in [6.07, 6.45) is 1.91. The summed E-state index contributed by atoms with van der Waals surface area (Å²) in [6, 6.07) is 4.44. The molecule has 116 valence electrons. The molecule has 0 spiro atoms. The Morgan fingerprint density at radius 2 is 2.19 bits per heavy atom. The van der Waals surface area contributed by atoms with Crippen molar-refractivity contribution in [3.63, 3.8) is 0 Å². The fraction of sp³-hybridized carbons (Fsp3) is 0.429. The number of sulfonamides is 1. The van der Waals surface area contributed by atoms with Crippen molar-refractivity contribution < 1.29 is 18.3 Å². The second-order valence-corrected chi connectivity index (χ2v) is 6.90. The summed E-state index contributed by atoms with van der Waals surface area (Å²) in [7, 11) is -2.28. The number of hydrogen-bond acceptors (Lipinski definition) is 5. The lowest BCUT2D eigenvalue weighted by Crippen LogP contribution is -2.34. The fourth-order valence-corrected chi connectivity index (χ4v) is 3.85. The number of aliphatic hydroxyl groups is 1. The van der Waals surface area contributed by atoms with Crippen molar-refractivity contribution >= 4 is 21.8 Å². The first kappa shape index (κ1) is 17.9. The van der Waals surface area contributed by atoms with Crippen LogP contribution in [0.5, 0.6) is 5.75 Å². The highest BCUT2D eigenvalue weighted by atomic mass is 32.2. The highest BCUT2D eigenvalue weighted by Gasteiger charge is 2.22. The topological polar surface area (TPSA) is 75.6 Å². The van der Waals surface area contributed by atoms with Crippen LogP contribution in [0.4, 0.5) is 0 Å². The van der Waals surface area contributed by atoms with Gasteiger partial charge in [-0.25, -0.2) is 13.1 Å². The van der Waals surface area contributed by atoms with Crippen LogP contribution in [-0.2, 0) is 10.0 Å². The Morgan fingerprint density at radius 1 is 1.48 bits per heavy atom. The fourth-order valence-electron chi connectivity index (χ4n) is 1.72. The lowest BCUT2D eigenvalue weighted by atomic mass is 10.2. The zero-order valence-corrected chi connectivity index (χ0v) is 13.8. The van der Waals surface area contributed by atoms with Crippen LogP contribution in [0.2, 0.25) is 0 Å². The molecule has 0 amide bonds. The van der Waals surface area contributed by atoms with E-state index < -0.39 is 10.0 Å². The number of benzene rings is 1. The summed E-state index contributed by atoms with van der Waals surface area (Å²) in [5.74, 6) is 6.10. The predicted molar refractivity (Wildman–Crippen MR) is 85.1 cm³/mol. The highest BCUT2D eigenvalue weighted by Crippen LogP contribution is 2.25. The van der Waals surface area contributed by atoms with Gasteiger partial charge in [0.15, 0.2) is 0 Å². The SMILES string of the molecule is COc1ccc(C#CCO)cc1S(=O)(=O)NC(C)CSC. The molecule has 2 N–H and O–H groups in total. The van der Waals surface area contributed by atoms with Crippen molar-refractivity contribution in [1.29, 1.82) is 0 Å². The van der Waals surface area contributed by atoms with Crippen LogP contribution in [0.15, 0.2) is 23.1 Å². The molecule has 0 saturated heterocycles. The number of hydrogen-bond donors (Lipinski definition) is 2. The summed E-state index contributed by atoms with van der Waals surface area (Å²) in [4.78, 5) is 0.0442. The summed E-state index contributed by atoms with van der Waals surface area (Å²) in [5.41, 5.74) is 0.503. The van der Waals surface area contributed by atoms with Crippen molar-refractivity contribution in [2.75, 3.05) is 25.7 Å². The average molecular weight is 329 g/mol. The van der Waals surface area contributed by atoms with Gasteiger partial charge in [0.2, 0.25) is 10.0 Å². The van der Waals surface area contributed by atoms with Gasteiger partial charge in [0.25, 0.3) is 0 Å². The van der Waals surface area contributed by atoms with Crippen LogP contribution in [0.3, 0.4) is 0 Å². The Hall–Kier alpha value is -1.20. The van der Waals surface area contributed by atoms with Gasteiger partial charge in [-0.3, -0.25) is 0 Å². The number of aliphatic hydroxyl groups excluding tert-OH is 1. The Balaban J connectivity index is 3.19. The molecule has 0 saturated carbocycles. The molecule has 0 fully saturated rings. The molecule has 1 aromatic carbocycles. The third kappa shape index (κ3) is 5.25. The molecule has 0 aromatic heterocycles. The van der Waals surface area contributed by atoms with Crippen LogP contribution in [0.25, 0.3) is 0 Å². The highest BCUT2D eigenvalue weighted by molar-refractivity contribution is 7.98. The van der Waals surface area contributed by atoms with E-state index in [1.807, 2.05) is 6.26 Å². The normalized spacial score (nSPS) is 12.4. The minimum Gasteiger partial charge on any atom is -0.495 e. The molecule has 1 aromatic rings. The molecule has 0 radical (unpaired) electrons. The van der Waals surface area contributed by atoms with Crippen molar-refractivity contribution in [2.24, 2.45) is 0 Å². The van der Waals surface area contributed by atoms with Crippen LogP contribution < -0.4 is 9.46 Å². The molecule has 0 aliphatic carbocycles. The molecule has 1 atom stereocenters. The molecule has 1 unspecified atom stereocenters. The maximum atomic E-state index is 12.4. The van der Waals surface area contributed by atoms with Gasteiger partial charge >= 0.3 is 0 Å². The van der Waals surface area contributed by atoms with E-state index >= 15 is 0 Å². The van der Waals surface area contributed by atoms with E-state index in [4.69, 9.17) is 9.84 Å². The number of thioether (sulfide) groups is 1. The Kier molecular flexibility index (Phi) is 7.05. The maximum absolute atomic E-state index is 12.4. The minimum atomic E-state index is -3.69. The van der Waals surface area contributed by atoms with E-state index in [-0.39, 0.29) is 23.3 Å². The predicted octanol–water partition coefficient (Wildman–Crippen LogP) is 1.07. The number of nitrogens with one attached hydrogen (secondary N) is 1. The summed E-state index contributed by atoms with van der Waals surface area (Å²) >= 11 is 1.56. The Labute approximate surface area is 130 Å². The quantitative estimate of drug-likeness (QED) is 0.764. The second-order valence-electron chi connectivity index (χ2n) is 4.30. The summed E-state index contributed by atoms with van der Waals surface area (Å²) in [6.45, 7) is 1.52. The van der Waals surface area contributed by atoms with Crippen LogP contribution in [0, 0.1) is 11.8 Å². The van der Waals surface area contributed by atoms with Gasteiger partial charge < -0.3 is 9.84 Å². The van der Waals surface area contributed by atoms with Crippen molar-refractivity contribution in [3.8, 4) is 17.6 Å². The van der Waals surface area contributed by atoms with E-state index in [0.717, 1.165) is 0 Å². The zero-order valence-electron chi connectivity index (χ0n) is 12.2. The van der Waals surface area contributed by atoms with E-state index in [0.29, 0.717) is 11.3 Å². The molecule has 0 heterocycles. The van der Waals surface area contributed by atoms with Gasteiger partial charge in [0, 0.05) is 17.4 Å². The molecule has 0 bridgehead atoms. The molecular formula is C14H19NO4S2. The molecule has 21 heavy (non-hydrogen) atoms. The number of methoxy groups -OCH3 is 1. The molecule has 1 rings (SSSR count). The second kappa shape index (κ2) is 8.29. The van der Waals surface area contributed by atoms with Gasteiger partial charge in [-0.15, -0.1) is 0 Å².